The van der Waals surface area contributed by atoms with E-state index in [2.05, 4.69) is 12.1 Å². The van der Waals surface area contributed by atoms with E-state index in [1.807, 2.05) is 0 Å². The van der Waals surface area contributed by atoms with E-state index in [-0.39, 0.29) is 12.7 Å². The molecular weight excluding hydrogens is 366 g/mol. The molecule has 0 fully saturated rings. The molecule has 170 valence electrons. The molecule has 5 nitrogen and oxygen atoms in total. The van der Waals surface area contributed by atoms with Gasteiger partial charge in [-0.05, 0) is 11.6 Å². The summed E-state index contributed by atoms with van der Waals surface area (Å²) in [5.74, 6) is 0.384. The van der Waals surface area contributed by atoms with Gasteiger partial charge in [-0.3, -0.25) is 0 Å². The smallest absolute Gasteiger partial charge is 0.254 e. The van der Waals surface area contributed by atoms with Crippen LogP contribution in [0.3, 0.4) is 0 Å². The number of hydrogen-bond acceptors (Lipinski definition) is 5. The standard InChI is InChI=1S/C24H45NO4/c1-2-3-4-5-6-7-8-9-10-11-12-13-14-15-16-17-19-27-22-23(21-26)29-24-18-20-28-25-24/h18,20,23,26H,2-17,19,21-22H2,1H3/t23-/m0/s1. The van der Waals surface area contributed by atoms with Gasteiger partial charge in [0.2, 0.25) is 0 Å². The van der Waals surface area contributed by atoms with Crippen molar-refractivity contribution in [3.8, 4) is 5.88 Å². The molecule has 0 saturated heterocycles. The Kier molecular flexibility index (Phi) is 18.1. The van der Waals surface area contributed by atoms with E-state index in [9.17, 15) is 5.11 Å². The highest BCUT2D eigenvalue weighted by atomic mass is 16.6. The summed E-state index contributed by atoms with van der Waals surface area (Å²) >= 11 is 0. The summed E-state index contributed by atoms with van der Waals surface area (Å²) in [4.78, 5) is 0. The van der Waals surface area contributed by atoms with Gasteiger partial charge in [0.05, 0.1) is 13.2 Å². The number of ether oxygens (including phenoxy) is 2. The first-order valence-electron chi connectivity index (χ1n) is 12.1. The monoisotopic (exact) mass is 411 g/mol. The molecule has 0 aliphatic heterocycles. The van der Waals surface area contributed by atoms with E-state index in [1.165, 1.54) is 103 Å². The molecule has 0 bridgehead atoms. The molecule has 5 heteroatoms. The zero-order valence-corrected chi connectivity index (χ0v) is 18.8. The number of unbranched alkanes of at least 4 members (excludes halogenated alkanes) is 15. The molecule has 0 radical (unpaired) electrons. The maximum atomic E-state index is 9.30. The van der Waals surface area contributed by atoms with Gasteiger partial charge in [-0.1, -0.05) is 103 Å². The minimum absolute atomic E-state index is 0.0914. The van der Waals surface area contributed by atoms with Crippen LogP contribution in [-0.4, -0.2) is 36.2 Å². The minimum atomic E-state index is -0.388. The van der Waals surface area contributed by atoms with Crippen molar-refractivity contribution in [2.75, 3.05) is 19.8 Å². The van der Waals surface area contributed by atoms with Gasteiger partial charge in [-0.25, -0.2) is 0 Å². The summed E-state index contributed by atoms with van der Waals surface area (Å²) < 4.78 is 15.8. The van der Waals surface area contributed by atoms with Gasteiger partial charge in [0.1, 0.15) is 12.4 Å². The lowest BCUT2D eigenvalue weighted by Crippen LogP contribution is -2.27. The quantitative estimate of drug-likeness (QED) is 0.215. The maximum absolute atomic E-state index is 9.30. The Morgan fingerprint density at radius 2 is 1.34 bits per heavy atom. The summed E-state index contributed by atoms with van der Waals surface area (Å²) in [5, 5.41) is 13.0. The van der Waals surface area contributed by atoms with Crippen LogP contribution in [-0.2, 0) is 4.74 Å². The molecule has 1 N–H and O–H groups in total. The van der Waals surface area contributed by atoms with Gasteiger partial charge in [0.25, 0.3) is 5.88 Å². The van der Waals surface area contributed by atoms with E-state index in [4.69, 9.17) is 14.0 Å². The number of nitrogens with zero attached hydrogens (tertiary/aromatic N) is 1. The molecule has 0 aromatic carbocycles. The van der Waals surface area contributed by atoms with Crippen LogP contribution in [0, 0.1) is 0 Å². The molecule has 1 heterocycles. The Labute approximate surface area is 178 Å². The van der Waals surface area contributed by atoms with Crippen LogP contribution in [0.25, 0.3) is 0 Å². The number of aliphatic hydroxyl groups excluding tert-OH is 1. The average molecular weight is 412 g/mol. The molecule has 1 atom stereocenters. The molecule has 0 unspecified atom stereocenters. The summed E-state index contributed by atoms with van der Waals surface area (Å²) in [6, 6.07) is 1.62. The number of aromatic nitrogens is 1. The lowest BCUT2D eigenvalue weighted by Gasteiger charge is -2.14. The Morgan fingerprint density at radius 3 is 1.79 bits per heavy atom. The summed E-state index contributed by atoms with van der Waals surface area (Å²) in [6.45, 7) is 3.29. The Balaban J connectivity index is 1.74. The van der Waals surface area contributed by atoms with Gasteiger partial charge < -0.3 is 19.1 Å². The molecule has 1 aromatic heterocycles. The molecule has 0 saturated carbocycles. The minimum Gasteiger partial charge on any atom is -0.467 e. The van der Waals surface area contributed by atoms with E-state index in [0.717, 1.165) is 13.0 Å². The third kappa shape index (κ3) is 16.4. The zero-order valence-electron chi connectivity index (χ0n) is 18.8. The van der Waals surface area contributed by atoms with Crippen molar-refractivity contribution in [1.29, 1.82) is 0 Å². The van der Waals surface area contributed by atoms with E-state index >= 15 is 0 Å². The largest absolute Gasteiger partial charge is 0.467 e. The van der Waals surface area contributed by atoms with Crippen LogP contribution < -0.4 is 4.74 Å². The fourth-order valence-electron chi connectivity index (χ4n) is 3.52. The van der Waals surface area contributed by atoms with Crippen LogP contribution in [0.1, 0.15) is 110 Å². The third-order valence-electron chi connectivity index (χ3n) is 5.35. The highest BCUT2D eigenvalue weighted by Crippen LogP contribution is 2.14. The van der Waals surface area contributed by atoms with Gasteiger partial charge in [-0.15, -0.1) is 0 Å². The lowest BCUT2D eigenvalue weighted by molar-refractivity contribution is 0.0153. The molecule has 0 spiro atoms. The molecular formula is C24H45NO4. The van der Waals surface area contributed by atoms with Crippen molar-refractivity contribution in [2.45, 2.75) is 116 Å². The van der Waals surface area contributed by atoms with Gasteiger partial charge >= 0.3 is 0 Å². The van der Waals surface area contributed by atoms with Crippen LogP contribution in [0.5, 0.6) is 5.88 Å². The van der Waals surface area contributed by atoms with Gasteiger partial charge in [0.15, 0.2) is 0 Å². The SMILES string of the molecule is CCCCCCCCCCCCCCCCCCOC[C@H](CO)Oc1ccon1. The van der Waals surface area contributed by atoms with Crippen molar-refractivity contribution in [2.24, 2.45) is 0 Å². The first-order valence-corrected chi connectivity index (χ1v) is 12.1. The first kappa shape index (κ1) is 26.0. The predicted octanol–water partition coefficient (Wildman–Crippen LogP) is 6.69. The van der Waals surface area contributed by atoms with E-state index in [0.29, 0.717) is 12.5 Å². The van der Waals surface area contributed by atoms with Crippen LogP contribution in [0.4, 0.5) is 0 Å². The summed E-state index contributed by atoms with van der Waals surface area (Å²) in [5.41, 5.74) is 0. The second-order valence-electron chi connectivity index (χ2n) is 8.14. The fourth-order valence-corrected chi connectivity index (χ4v) is 3.52. The van der Waals surface area contributed by atoms with E-state index < -0.39 is 0 Å². The molecule has 0 aliphatic carbocycles. The molecule has 0 amide bonds. The number of aliphatic hydroxyl groups is 1. The Bertz CT molecular complexity index is 425. The number of hydrogen-bond donors (Lipinski definition) is 1. The summed E-state index contributed by atoms with van der Waals surface area (Å²) in [7, 11) is 0. The lowest BCUT2D eigenvalue weighted by atomic mass is 10.0. The molecule has 0 aliphatic rings. The fraction of sp³-hybridized carbons (Fsp3) is 0.875. The van der Waals surface area contributed by atoms with Crippen LogP contribution in [0.2, 0.25) is 0 Å². The summed E-state index contributed by atoms with van der Waals surface area (Å²) in [6.07, 6.45) is 23.0. The van der Waals surface area contributed by atoms with Crippen molar-refractivity contribution >= 4 is 0 Å². The highest BCUT2D eigenvalue weighted by Gasteiger charge is 2.11. The molecule has 29 heavy (non-hydrogen) atoms. The number of rotatable bonds is 22. The van der Waals surface area contributed by atoms with E-state index in [1.54, 1.807) is 6.07 Å². The van der Waals surface area contributed by atoms with Crippen molar-refractivity contribution in [1.82, 2.24) is 5.16 Å². The molecule has 1 rings (SSSR count). The normalized spacial score (nSPS) is 12.3. The topological polar surface area (TPSA) is 64.7 Å². The Morgan fingerprint density at radius 1 is 0.828 bits per heavy atom. The van der Waals surface area contributed by atoms with Crippen molar-refractivity contribution in [3.63, 3.8) is 0 Å². The van der Waals surface area contributed by atoms with Crippen molar-refractivity contribution in [3.05, 3.63) is 12.3 Å². The predicted molar refractivity (Wildman–Crippen MR) is 118 cm³/mol. The Hall–Kier alpha value is -1.07. The molecule has 1 aromatic rings. The second-order valence-corrected chi connectivity index (χ2v) is 8.14. The third-order valence-corrected chi connectivity index (χ3v) is 5.35. The van der Waals surface area contributed by atoms with Crippen LogP contribution in [0.15, 0.2) is 16.9 Å². The first-order chi connectivity index (χ1) is 14.4. The van der Waals surface area contributed by atoms with Gasteiger partial charge in [-0.2, -0.15) is 0 Å². The average Bonchev–Trinajstić information content (AvgIpc) is 3.25. The van der Waals surface area contributed by atoms with Gasteiger partial charge in [0, 0.05) is 12.7 Å². The van der Waals surface area contributed by atoms with Crippen molar-refractivity contribution < 1.29 is 19.1 Å². The zero-order chi connectivity index (χ0) is 20.8. The van der Waals surface area contributed by atoms with Crippen LogP contribution >= 0.6 is 0 Å². The highest BCUT2D eigenvalue weighted by molar-refractivity contribution is 5.02. The maximum Gasteiger partial charge on any atom is 0.254 e. The second kappa shape index (κ2) is 20.2.